The van der Waals surface area contributed by atoms with E-state index in [0.717, 1.165) is 0 Å². The first-order valence-electron chi connectivity index (χ1n) is 3.23. The van der Waals surface area contributed by atoms with Gasteiger partial charge in [-0.25, -0.2) is 0 Å². The Labute approximate surface area is 107 Å². The topological polar surface area (TPSA) is 0 Å². The fourth-order valence-electron chi connectivity index (χ4n) is 1.20. The standard InChI is InChI=1S/C9H12.K.H/c1-7-4-8(2)6-9(3)5-7;;/h4-6H,1-3H3;;/q;+1;-1. The van der Waals surface area contributed by atoms with Gasteiger partial charge in [0.15, 0.2) is 0 Å². The molecule has 0 unspecified atom stereocenters. The van der Waals surface area contributed by atoms with E-state index in [4.69, 9.17) is 0 Å². The molecule has 0 nitrogen and oxygen atoms in total. The van der Waals surface area contributed by atoms with Crippen LogP contribution in [0.1, 0.15) is 18.1 Å². The molecule has 0 saturated heterocycles. The van der Waals surface area contributed by atoms with Gasteiger partial charge in [0.05, 0.1) is 0 Å². The molecule has 0 N–H and O–H groups in total. The summed E-state index contributed by atoms with van der Waals surface area (Å²) in [4.78, 5) is 0. The fraction of sp³-hybridized carbons (Fsp3) is 0.333. The Bertz CT molecular complexity index is 170. The number of benzene rings is 1. The van der Waals surface area contributed by atoms with Crippen molar-refractivity contribution >= 4 is 0 Å². The molecule has 0 aliphatic carbocycles. The summed E-state index contributed by atoms with van der Waals surface area (Å²) in [5.74, 6) is 0. The Kier molecular flexibility index (Phi) is 5.08. The Hall–Kier alpha value is 0.856. The summed E-state index contributed by atoms with van der Waals surface area (Å²) >= 11 is 0. The Morgan fingerprint density at radius 3 is 1.20 bits per heavy atom. The van der Waals surface area contributed by atoms with E-state index in [1.54, 1.807) is 0 Å². The molecule has 1 heteroatoms. The van der Waals surface area contributed by atoms with Crippen LogP contribution in [0.15, 0.2) is 18.2 Å². The van der Waals surface area contributed by atoms with Crippen molar-refractivity contribution in [2.45, 2.75) is 20.8 Å². The number of hydrogen-bond acceptors (Lipinski definition) is 0. The third-order valence-corrected chi connectivity index (χ3v) is 1.37. The molecule has 0 radical (unpaired) electrons. The molecule has 0 atom stereocenters. The average Bonchev–Trinajstić information content (AvgIpc) is 1.59. The van der Waals surface area contributed by atoms with E-state index in [1.165, 1.54) is 16.7 Å². The zero-order chi connectivity index (χ0) is 6.85. The second-order valence-electron chi connectivity index (χ2n) is 2.67. The van der Waals surface area contributed by atoms with Crippen LogP contribution in [0.2, 0.25) is 0 Å². The molecule has 0 fully saturated rings. The van der Waals surface area contributed by atoms with Gasteiger partial charge in [-0.05, 0) is 20.8 Å². The normalized spacial score (nSPS) is 8.70. The van der Waals surface area contributed by atoms with Crippen LogP contribution in [-0.4, -0.2) is 0 Å². The van der Waals surface area contributed by atoms with Crippen molar-refractivity contribution in [3.05, 3.63) is 34.9 Å². The number of hydrogen-bond donors (Lipinski definition) is 0. The SMILES string of the molecule is Cc1cc(C)cc(C)c1.[H-].[K+]. The summed E-state index contributed by atoms with van der Waals surface area (Å²) in [6.07, 6.45) is 0. The van der Waals surface area contributed by atoms with E-state index < -0.39 is 0 Å². The number of rotatable bonds is 0. The van der Waals surface area contributed by atoms with Gasteiger partial charge >= 0.3 is 51.4 Å². The van der Waals surface area contributed by atoms with Crippen LogP contribution in [0.25, 0.3) is 0 Å². The van der Waals surface area contributed by atoms with Crippen molar-refractivity contribution in [2.24, 2.45) is 0 Å². The van der Waals surface area contributed by atoms with Gasteiger partial charge in [0.1, 0.15) is 0 Å². The maximum Gasteiger partial charge on any atom is 1.00 e. The molecule has 0 aliphatic heterocycles. The van der Waals surface area contributed by atoms with Gasteiger partial charge in [-0.2, -0.15) is 0 Å². The molecule has 50 valence electrons. The number of aryl methyl sites for hydroxylation is 3. The van der Waals surface area contributed by atoms with E-state index in [0.29, 0.717) is 0 Å². The Morgan fingerprint density at radius 2 is 1.00 bits per heavy atom. The van der Waals surface area contributed by atoms with Gasteiger partial charge in [0.25, 0.3) is 0 Å². The largest absolute Gasteiger partial charge is 1.00 e. The zero-order valence-electron chi connectivity index (χ0n) is 8.23. The molecular formula is C9H13K. The zero-order valence-corrected chi connectivity index (χ0v) is 10.4. The van der Waals surface area contributed by atoms with E-state index in [1.807, 2.05) is 0 Å². The summed E-state index contributed by atoms with van der Waals surface area (Å²) in [6.45, 7) is 6.38. The first-order chi connectivity index (χ1) is 4.18. The van der Waals surface area contributed by atoms with Crippen LogP contribution in [0, 0.1) is 20.8 Å². The Morgan fingerprint density at radius 1 is 0.800 bits per heavy atom. The maximum atomic E-state index is 2.19. The van der Waals surface area contributed by atoms with E-state index >= 15 is 0 Å². The molecule has 0 amide bonds. The third kappa shape index (κ3) is 3.31. The van der Waals surface area contributed by atoms with Crippen LogP contribution >= 0.6 is 0 Å². The van der Waals surface area contributed by atoms with Crippen molar-refractivity contribution in [3.8, 4) is 0 Å². The van der Waals surface area contributed by atoms with Crippen LogP contribution in [0.3, 0.4) is 0 Å². The second kappa shape index (κ2) is 4.68. The first kappa shape index (κ1) is 10.9. The van der Waals surface area contributed by atoms with E-state index in [2.05, 4.69) is 39.0 Å². The summed E-state index contributed by atoms with van der Waals surface area (Å²) < 4.78 is 0. The molecule has 1 aromatic rings. The van der Waals surface area contributed by atoms with Crippen molar-refractivity contribution < 1.29 is 52.8 Å². The van der Waals surface area contributed by atoms with Gasteiger partial charge in [-0.3, -0.25) is 0 Å². The van der Waals surface area contributed by atoms with Gasteiger partial charge in [-0.15, -0.1) is 0 Å². The summed E-state index contributed by atoms with van der Waals surface area (Å²) in [6, 6.07) is 6.56. The summed E-state index contributed by atoms with van der Waals surface area (Å²) in [5.41, 5.74) is 4.06. The minimum Gasteiger partial charge on any atom is -1.00 e. The molecule has 0 spiro atoms. The smallest absolute Gasteiger partial charge is 1.00 e. The summed E-state index contributed by atoms with van der Waals surface area (Å²) in [5, 5.41) is 0. The fourth-order valence-corrected chi connectivity index (χ4v) is 1.20. The second-order valence-corrected chi connectivity index (χ2v) is 2.67. The maximum absolute atomic E-state index is 2.19. The van der Waals surface area contributed by atoms with Gasteiger partial charge in [-0.1, -0.05) is 34.9 Å². The monoisotopic (exact) mass is 160 g/mol. The van der Waals surface area contributed by atoms with Crippen LogP contribution in [-0.2, 0) is 0 Å². The molecule has 10 heavy (non-hydrogen) atoms. The summed E-state index contributed by atoms with van der Waals surface area (Å²) in [7, 11) is 0. The van der Waals surface area contributed by atoms with Crippen LogP contribution in [0.5, 0.6) is 0 Å². The minimum absolute atomic E-state index is 0. The predicted molar refractivity (Wildman–Crippen MR) is 41.8 cm³/mol. The van der Waals surface area contributed by atoms with Gasteiger partial charge < -0.3 is 1.43 Å². The van der Waals surface area contributed by atoms with Crippen LogP contribution in [0.4, 0.5) is 0 Å². The molecule has 0 aliphatic rings. The predicted octanol–water partition coefficient (Wildman–Crippen LogP) is -0.272. The van der Waals surface area contributed by atoms with Crippen molar-refractivity contribution in [1.82, 2.24) is 0 Å². The molecule has 0 heterocycles. The minimum atomic E-state index is 0. The van der Waals surface area contributed by atoms with E-state index in [-0.39, 0.29) is 52.8 Å². The van der Waals surface area contributed by atoms with Crippen LogP contribution < -0.4 is 51.4 Å². The Balaban J connectivity index is 0. The molecule has 0 aromatic heterocycles. The van der Waals surface area contributed by atoms with Gasteiger partial charge in [0, 0.05) is 0 Å². The molecule has 1 rings (SSSR count). The van der Waals surface area contributed by atoms with Crippen molar-refractivity contribution in [2.75, 3.05) is 0 Å². The molecule has 0 bridgehead atoms. The van der Waals surface area contributed by atoms with Gasteiger partial charge in [0.2, 0.25) is 0 Å². The van der Waals surface area contributed by atoms with E-state index in [9.17, 15) is 0 Å². The van der Waals surface area contributed by atoms with Crippen molar-refractivity contribution in [1.29, 1.82) is 0 Å². The average molecular weight is 160 g/mol. The first-order valence-corrected chi connectivity index (χ1v) is 3.23. The van der Waals surface area contributed by atoms with Crippen molar-refractivity contribution in [3.63, 3.8) is 0 Å². The molecule has 0 saturated carbocycles. The molecular weight excluding hydrogens is 147 g/mol. The molecule has 1 aromatic carbocycles. The quantitative estimate of drug-likeness (QED) is 0.458. The third-order valence-electron chi connectivity index (χ3n) is 1.37.